The Labute approximate surface area is 265 Å². The van der Waals surface area contributed by atoms with E-state index in [2.05, 4.69) is 10.0 Å². The molecular weight excluding hydrogens is 617 g/mol. The Morgan fingerprint density at radius 3 is 2.44 bits per heavy atom. The molecule has 2 fully saturated rings. The lowest BCUT2D eigenvalue weighted by Gasteiger charge is -2.38. The van der Waals surface area contributed by atoms with Crippen LogP contribution < -0.4 is 20.5 Å². The summed E-state index contributed by atoms with van der Waals surface area (Å²) in [5.74, 6) is 0.346. The third kappa shape index (κ3) is 7.92. The lowest BCUT2D eigenvalue weighted by Crippen LogP contribution is -2.47. The third-order valence-corrected chi connectivity index (χ3v) is 11.8. The predicted molar refractivity (Wildman–Crippen MR) is 172 cm³/mol. The molecule has 13 heteroatoms. The zero-order valence-electron chi connectivity index (χ0n) is 25.6. The third-order valence-electron chi connectivity index (χ3n) is 8.52. The van der Waals surface area contributed by atoms with Gasteiger partial charge in [0, 0.05) is 38.3 Å². The minimum atomic E-state index is -3.69. The summed E-state index contributed by atoms with van der Waals surface area (Å²) in [7, 11) is -5.95. The molecule has 2 aliphatic rings. The zero-order valence-corrected chi connectivity index (χ0v) is 27.2. The Morgan fingerprint density at radius 2 is 1.76 bits per heavy atom. The largest absolute Gasteiger partial charge is 0.491 e. The second-order valence-electron chi connectivity index (χ2n) is 11.8. The van der Waals surface area contributed by atoms with Crippen LogP contribution in [0.25, 0.3) is 11.1 Å². The minimum absolute atomic E-state index is 0.0110. The molecule has 244 valence electrons. The highest BCUT2D eigenvalue weighted by Gasteiger charge is 2.44. The average Bonchev–Trinajstić information content (AvgIpc) is 3.44. The number of nitrogens with one attached hydrogen (secondary N) is 2. The molecule has 3 aromatic rings. The molecule has 1 unspecified atom stereocenters. The van der Waals surface area contributed by atoms with Gasteiger partial charge in [-0.1, -0.05) is 36.4 Å². The van der Waals surface area contributed by atoms with Gasteiger partial charge in [-0.2, -0.15) is 4.31 Å². The number of aryl methyl sites for hydroxylation is 1. The number of nitrogens with two attached hydrogens (primary N) is 1. The van der Waals surface area contributed by atoms with Crippen molar-refractivity contribution in [3.05, 3.63) is 77.9 Å². The predicted octanol–water partition coefficient (Wildman–Crippen LogP) is 2.37. The summed E-state index contributed by atoms with van der Waals surface area (Å²) in [6.45, 7) is 3.80. The van der Waals surface area contributed by atoms with Gasteiger partial charge in [0.05, 0.1) is 22.0 Å². The van der Waals surface area contributed by atoms with E-state index in [9.17, 15) is 21.9 Å². The summed E-state index contributed by atoms with van der Waals surface area (Å²) in [5.41, 5.74) is 8.99. The second-order valence-corrected chi connectivity index (χ2v) is 15.6. The standard InChI is InChI=1S/C32H42N4O7S2/c1-23-14-26(25-8-6-24(19-33)7-9-25)16-31(15-23)45(40,41)36-12-10-32(11-13-36)18-27(21-43-32)35-20-28(37)22-42-29-4-3-5-30(17-29)44(38,39)34-2/h3-9,14-17,27-28,34-35,37H,10-13,18-22,33H2,1-2H3/t27?,28-/m0/s1. The first-order valence-electron chi connectivity index (χ1n) is 15.1. The smallest absolute Gasteiger partial charge is 0.243 e. The van der Waals surface area contributed by atoms with Crippen molar-refractivity contribution < 1.29 is 31.4 Å². The van der Waals surface area contributed by atoms with E-state index in [1.807, 2.05) is 37.3 Å². The lowest BCUT2D eigenvalue weighted by atomic mass is 9.88. The molecule has 5 N–H and O–H groups in total. The van der Waals surface area contributed by atoms with Gasteiger partial charge in [0.1, 0.15) is 18.5 Å². The van der Waals surface area contributed by atoms with Crippen LogP contribution in [0.3, 0.4) is 0 Å². The molecule has 5 rings (SSSR count). The fourth-order valence-corrected chi connectivity index (χ4v) is 8.24. The number of benzene rings is 3. The quantitative estimate of drug-likeness (QED) is 0.229. The van der Waals surface area contributed by atoms with E-state index in [4.69, 9.17) is 15.2 Å². The number of rotatable bonds is 12. The summed E-state index contributed by atoms with van der Waals surface area (Å²) in [6, 6.07) is 19.4. The normalized spacial score (nSPS) is 19.5. The molecule has 11 nitrogen and oxygen atoms in total. The molecule has 2 saturated heterocycles. The topological polar surface area (TPSA) is 160 Å². The second kappa shape index (κ2) is 13.9. The van der Waals surface area contributed by atoms with Crippen LogP contribution in [-0.4, -0.2) is 83.9 Å². The van der Waals surface area contributed by atoms with Gasteiger partial charge in [-0.25, -0.2) is 21.6 Å². The SMILES string of the molecule is CNS(=O)(=O)c1cccc(OC[C@@H](O)CNC2COC3(CCN(S(=O)(=O)c4cc(C)cc(-c5ccc(CN)cc5)c4)CC3)C2)c1. The van der Waals surface area contributed by atoms with Gasteiger partial charge >= 0.3 is 0 Å². The van der Waals surface area contributed by atoms with E-state index in [-0.39, 0.29) is 29.0 Å². The Morgan fingerprint density at radius 1 is 1.02 bits per heavy atom. The summed E-state index contributed by atoms with van der Waals surface area (Å²) < 4.78 is 67.1. The van der Waals surface area contributed by atoms with Gasteiger partial charge in [-0.15, -0.1) is 0 Å². The van der Waals surface area contributed by atoms with Gasteiger partial charge in [-0.3, -0.25) is 0 Å². The highest BCUT2D eigenvalue weighted by Crippen LogP contribution is 2.38. The number of aliphatic hydroxyl groups excluding tert-OH is 1. The first-order valence-corrected chi connectivity index (χ1v) is 18.0. The van der Waals surface area contributed by atoms with Gasteiger partial charge in [0.25, 0.3) is 0 Å². The Hall–Kier alpha value is -2.88. The van der Waals surface area contributed by atoms with Crippen LogP contribution in [0.4, 0.5) is 0 Å². The van der Waals surface area contributed by atoms with Crippen LogP contribution in [0.5, 0.6) is 5.75 Å². The average molecular weight is 659 g/mol. The molecule has 0 saturated carbocycles. The number of hydrogen-bond donors (Lipinski definition) is 4. The maximum atomic E-state index is 13.7. The molecule has 0 aromatic heterocycles. The van der Waals surface area contributed by atoms with E-state index < -0.39 is 31.8 Å². The number of ether oxygens (including phenoxy) is 2. The van der Waals surface area contributed by atoms with Crippen molar-refractivity contribution >= 4 is 20.0 Å². The molecule has 2 heterocycles. The van der Waals surface area contributed by atoms with Crippen molar-refractivity contribution in [2.24, 2.45) is 5.73 Å². The van der Waals surface area contributed by atoms with E-state index in [1.54, 1.807) is 28.6 Å². The molecule has 0 aliphatic carbocycles. The van der Waals surface area contributed by atoms with Crippen molar-refractivity contribution in [3.63, 3.8) is 0 Å². The lowest BCUT2D eigenvalue weighted by molar-refractivity contribution is -0.0312. The van der Waals surface area contributed by atoms with Crippen molar-refractivity contribution in [2.45, 2.75) is 60.3 Å². The number of piperidine rings is 1. The van der Waals surface area contributed by atoms with Crippen molar-refractivity contribution in [3.8, 4) is 16.9 Å². The van der Waals surface area contributed by atoms with Crippen LogP contribution in [0, 0.1) is 6.92 Å². The summed E-state index contributed by atoms with van der Waals surface area (Å²) >= 11 is 0. The van der Waals surface area contributed by atoms with Crippen LogP contribution in [0.2, 0.25) is 0 Å². The van der Waals surface area contributed by atoms with Crippen molar-refractivity contribution in [2.75, 3.05) is 39.9 Å². The van der Waals surface area contributed by atoms with E-state index in [0.29, 0.717) is 51.3 Å². The summed E-state index contributed by atoms with van der Waals surface area (Å²) in [5, 5.41) is 13.8. The molecule has 1 spiro atoms. The maximum Gasteiger partial charge on any atom is 0.243 e. The van der Waals surface area contributed by atoms with Gasteiger partial charge < -0.3 is 25.6 Å². The number of nitrogens with zero attached hydrogens (tertiary/aromatic N) is 1. The van der Waals surface area contributed by atoms with Gasteiger partial charge in [-0.05, 0) is 79.8 Å². The van der Waals surface area contributed by atoms with Gasteiger partial charge in [0.2, 0.25) is 20.0 Å². The minimum Gasteiger partial charge on any atom is -0.491 e. The van der Waals surface area contributed by atoms with Gasteiger partial charge in [0.15, 0.2) is 0 Å². The Balaban J connectivity index is 1.12. The van der Waals surface area contributed by atoms with E-state index >= 15 is 0 Å². The van der Waals surface area contributed by atoms with Crippen molar-refractivity contribution in [1.82, 2.24) is 14.3 Å². The zero-order chi connectivity index (χ0) is 32.2. The van der Waals surface area contributed by atoms with Crippen molar-refractivity contribution in [1.29, 1.82) is 0 Å². The fraction of sp³-hybridized carbons (Fsp3) is 0.438. The molecule has 0 bridgehead atoms. The molecule has 0 radical (unpaired) electrons. The summed E-state index contributed by atoms with van der Waals surface area (Å²) in [6.07, 6.45) is 1.06. The first-order chi connectivity index (χ1) is 21.4. The highest BCUT2D eigenvalue weighted by atomic mass is 32.2. The number of hydrogen-bond acceptors (Lipinski definition) is 9. The molecule has 2 atom stereocenters. The Bertz CT molecular complexity index is 1690. The van der Waals surface area contributed by atoms with Crippen LogP contribution in [0.15, 0.2) is 76.5 Å². The molecule has 45 heavy (non-hydrogen) atoms. The first kappa shape index (κ1) is 33.5. The van der Waals surface area contributed by atoms with E-state index in [0.717, 1.165) is 22.3 Å². The molecule has 3 aromatic carbocycles. The molecule has 2 aliphatic heterocycles. The maximum absolute atomic E-state index is 13.7. The Kier molecular flexibility index (Phi) is 10.3. The highest BCUT2D eigenvalue weighted by molar-refractivity contribution is 7.89. The number of sulfonamides is 2. The van der Waals surface area contributed by atoms with Crippen LogP contribution >= 0.6 is 0 Å². The monoisotopic (exact) mass is 658 g/mol. The van der Waals surface area contributed by atoms with Crippen LogP contribution in [-0.2, 0) is 31.3 Å². The van der Waals surface area contributed by atoms with Crippen LogP contribution in [0.1, 0.15) is 30.4 Å². The molecule has 0 amide bonds. The van der Waals surface area contributed by atoms with E-state index in [1.165, 1.54) is 19.2 Å². The molecular formula is C32H42N4O7S2. The fourth-order valence-electron chi connectivity index (χ4n) is 5.91. The summed E-state index contributed by atoms with van der Waals surface area (Å²) in [4.78, 5) is 0.370. The number of aliphatic hydroxyl groups is 1.